The van der Waals surface area contributed by atoms with E-state index in [1.54, 1.807) is 23.1 Å². The van der Waals surface area contributed by atoms with Crippen LogP contribution in [-0.4, -0.2) is 16.8 Å². The second kappa shape index (κ2) is 6.14. The van der Waals surface area contributed by atoms with Gasteiger partial charge in [0.25, 0.3) is 0 Å². The van der Waals surface area contributed by atoms with Gasteiger partial charge in [0.1, 0.15) is 5.82 Å². The van der Waals surface area contributed by atoms with Crippen LogP contribution in [0.4, 0.5) is 4.39 Å². The molecule has 2 aromatic carbocycles. The first kappa shape index (κ1) is 14.5. The van der Waals surface area contributed by atoms with E-state index < -0.39 is 0 Å². The van der Waals surface area contributed by atoms with Gasteiger partial charge in [-0.05, 0) is 36.1 Å². The second-order valence-electron chi connectivity index (χ2n) is 5.59. The summed E-state index contributed by atoms with van der Waals surface area (Å²) in [5.41, 5.74) is 3.07. The molecule has 0 fully saturated rings. The van der Waals surface area contributed by atoms with Crippen LogP contribution < -0.4 is 0 Å². The monoisotopic (exact) mass is 295 g/mol. The molecule has 112 valence electrons. The van der Waals surface area contributed by atoms with Crippen LogP contribution in [-0.2, 0) is 24.2 Å². The molecular formula is C19H18FNO. The number of fused-ring (bicyclic) bond motifs is 1. The third kappa shape index (κ3) is 2.80. The summed E-state index contributed by atoms with van der Waals surface area (Å²) in [6, 6.07) is 14.9. The Balaban J connectivity index is 1.84. The Bertz CT molecular complexity index is 685. The Hall–Kier alpha value is -2.42. The predicted molar refractivity (Wildman–Crippen MR) is 84.8 cm³/mol. The maximum absolute atomic E-state index is 13.9. The molecule has 1 amide bonds. The molecule has 3 heteroatoms. The summed E-state index contributed by atoms with van der Waals surface area (Å²) in [6.07, 6.45) is 2.93. The van der Waals surface area contributed by atoms with Gasteiger partial charge in [0.05, 0.1) is 0 Å². The molecular weight excluding hydrogens is 277 g/mol. The van der Waals surface area contributed by atoms with Crippen molar-refractivity contribution in [2.45, 2.75) is 25.4 Å². The molecule has 0 saturated carbocycles. The van der Waals surface area contributed by atoms with Crippen molar-refractivity contribution < 1.29 is 9.18 Å². The average Bonchev–Trinajstić information content (AvgIpc) is 2.97. The van der Waals surface area contributed by atoms with Gasteiger partial charge in [-0.3, -0.25) is 4.79 Å². The maximum Gasteiger partial charge on any atom is 0.246 e. The summed E-state index contributed by atoms with van der Waals surface area (Å²) >= 11 is 0. The molecule has 0 radical (unpaired) electrons. The minimum absolute atomic E-state index is 0.0579. The highest BCUT2D eigenvalue weighted by atomic mass is 19.1. The van der Waals surface area contributed by atoms with Crippen LogP contribution in [0.25, 0.3) is 0 Å². The van der Waals surface area contributed by atoms with E-state index >= 15 is 0 Å². The van der Waals surface area contributed by atoms with Gasteiger partial charge >= 0.3 is 0 Å². The SMILES string of the molecule is C=CC(=O)N(Cc1ccccc1F)C1Cc2ccccc2C1. The quantitative estimate of drug-likeness (QED) is 0.791. The summed E-state index contributed by atoms with van der Waals surface area (Å²) in [4.78, 5) is 14.0. The first-order chi connectivity index (χ1) is 10.7. The Morgan fingerprint density at radius 1 is 1.14 bits per heavy atom. The molecule has 0 aliphatic heterocycles. The fourth-order valence-electron chi connectivity index (χ4n) is 3.07. The van der Waals surface area contributed by atoms with E-state index in [1.165, 1.54) is 23.3 Å². The van der Waals surface area contributed by atoms with Gasteiger partial charge in [-0.2, -0.15) is 0 Å². The van der Waals surface area contributed by atoms with Gasteiger partial charge in [-0.1, -0.05) is 49.0 Å². The highest BCUT2D eigenvalue weighted by Crippen LogP contribution is 2.27. The molecule has 2 aromatic rings. The second-order valence-corrected chi connectivity index (χ2v) is 5.59. The molecule has 0 unspecified atom stereocenters. The predicted octanol–water partition coefficient (Wildman–Crippen LogP) is 3.51. The van der Waals surface area contributed by atoms with Crippen molar-refractivity contribution in [2.75, 3.05) is 0 Å². The minimum atomic E-state index is -0.278. The van der Waals surface area contributed by atoms with Crippen molar-refractivity contribution in [1.29, 1.82) is 0 Å². The normalized spacial score (nSPS) is 13.7. The van der Waals surface area contributed by atoms with Crippen molar-refractivity contribution in [1.82, 2.24) is 4.90 Å². The van der Waals surface area contributed by atoms with E-state index in [0.717, 1.165) is 12.8 Å². The first-order valence-corrected chi connectivity index (χ1v) is 7.42. The summed E-state index contributed by atoms with van der Waals surface area (Å²) in [7, 11) is 0. The zero-order valence-corrected chi connectivity index (χ0v) is 12.3. The number of amides is 1. The molecule has 3 rings (SSSR count). The van der Waals surface area contributed by atoms with E-state index in [4.69, 9.17) is 0 Å². The Kier molecular flexibility index (Phi) is 4.05. The lowest BCUT2D eigenvalue weighted by Gasteiger charge is -2.28. The average molecular weight is 295 g/mol. The van der Waals surface area contributed by atoms with Crippen LogP contribution >= 0.6 is 0 Å². The fraction of sp³-hybridized carbons (Fsp3) is 0.211. The van der Waals surface area contributed by atoms with Crippen molar-refractivity contribution >= 4 is 5.91 Å². The number of hydrogen-bond acceptors (Lipinski definition) is 1. The molecule has 0 bridgehead atoms. The molecule has 0 spiro atoms. The van der Waals surface area contributed by atoms with Crippen molar-refractivity contribution in [3.63, 3.8) is 0 Å². The topological polar surface area (TPSA) is 20.3 Å². The lowest BCUT2D eigenvalue weighted by Crippen LogP contribution is -2.39. The summed E-state index contributed by atoms with van der Waals surface area (Å²) in [6.45, 7) is 3.86. The number of hydrogen-bond donors (Lipinski definition) is 0. The summed E-state index contributed by atoms with van der Waals surface area (Å²) in [5.74, 6) is -0.430. The van der Waals surface area contributed by atoms with E-state index in [0.29, 0.717) is 5.56 Å². The van der Waals surface area contributed by atoms with Crippen LogP contribution in [0.1, 0.15) is 16.7 Å². The van der Waals surface area contributed by atoms with Crippen LogP contribution in [0.2, 0.25) is 0 Å². The van der Waals surface area contributed by atoms with E-state index in [9.17, 15) is 9.18 Å². The number of benzene rings is 2. The third-order valence-electron chi connectivity index (χ3n) is 4.23. The fourth-order valence-corrected chi connectivity index (χ4v) is 3.07. The van der Waals surface area contributed by atoms with Crippen LogP contribution in [0, 0.1) is 5.82 Å². The van der Waals surface area contributed by atoms with Gasteiger partial charge in [-0.15, -0.1) is 0 Å². The standard InChI is InChI=1S/C19H18FNO/c1-2-19(22)21(13-16-9-5-6-10-18(16)20)17-11-14-7-3-4-8-15(14)12-17/h2-10,17H,1,11-13H2. The molecule has 1 aliphatic carbocycles. The molecule has 0 saturated heterocycles. The Morgan fingerprint density at radius 2 is 1.73 bits per heavy atom. The van der Waals surface area contributed by atoms with Gasteiger partial charge in [0.2, 0.25) is 5.91 Å². The maximum atomic E-state index is 13.9. The van der Waals surface area contributed by atoms with Gasteiger partial charge in [-0.25, -0.2) is 4.39 Å². The van der Waals surface area contributed by atoms with Crippen molar-refractivity contribution in [3.05, 3.63) is 83.7 Å². The van der Waals surface area contributed by atoms with Gasteiger partial charge in [0.15, 0.2) is 0 Å². The number of halogens is 1. The zero-order valence-electron chi connectivity index (χ0n) is 12.3. The van der Waals surface area contributed by atoms with Crippen LogP contribution in [0.15, 0.2) is 61.2 Å². The summed E-state index contributed by atoms with van der Waals surface area (Å²) in [5, 5.41) is 0. The number of carbonyl (C=O) groups is 1. The van der Waals surface area contributed by atoms with E-state index in [2.05, 4.69) is 18.7 Å². The van der Waals surface area contributed by atoms with Gasteiger partial charge in [0, 0.05) is 18.2 Å². The highest BCUT2D eigenvalue weighted by molar-refractivity contribution is 5.87. The van der Waals surface area contributed by atoms with Crippen LogP contribution in [0.5, 0.6) is 0 Å². The first-order valence-electron chi connectivity index (χ1n) is 7.42. The molecule has 0 N–H and O–H groups in total. The lowest BCUT2D eigenvalue weighted by molar-refractivity contribution is -0.128. The third-order valence-corrected chi connectivity index (χ3v) is 4.23. The van der Waals surface area contributed by atoms with E-state index in [1.807, 2.05) is 12.1 Å². The molecule has 2 nitrogen and oxygen atoms in total. The molecule has 1 aliphatic rings. The zero-order chi connectivity index (χ0) is 15.5. The molecule has 22 heavy (non-hydrogen) atoms. The number of nitrogens with zero attached hydrogens (tertiary/aromatic N) is 1. The van der Waals surface area contributed by atoms with Crippen molar-refractivity contribution in [3.8, 4) is 0 Å². The van der Waals surface area contributed by atoms with Gasteiger partial charge < -0.3 is 4.90 Å². The molecule has 0 atom stereocenters. The lowest BCUT2D eigenvalue weighted by atomic mass is 10.1. The van der Waals surface area contributed by atoms with Crippen molar-refractivity contribution in [2.24, 2.45) is 0 Å². The number of carbonyl (C=O) groups excluding carboxylic acids is 1. The molecule has 0 heterocycles. The van der Waals surface area contributed by atoms with E-state index in [-0.39, 0.29) is 24.3 Å². The van der Waals surface area contributed by atoms with Crippen LogP contribution in [0.3, 0.4) is 0 Å². The Labute approximate surface area is 129 Å². The smallest absolute Gasteiger partial charge is 0.246 e. The minimum Gasteiger partial charge on any atom is -0.331 e. The molecule has 0 aromatic heterocycles. The Morgan fingerprint density at radius 3 is 2.32 bits per heavy atom. The number of rotatable bonds is 4. The largest absolute Gasteiger partial charge is 0.331 e. The highest BCUT2D eigenvalue weighted by Gasteiger charge is 2.29. The summed E-state index contributed by atoms with van der Waals surface area (Å²) < 4.78 is 13.9.